The fraction of sp³-hybridized carbons (Fsp3) is 0.586. The van der Waals surface area contributed by atoms with Crippen molar-refractivity contribution in [2.45, 2.75) is 252 Å². The number of carbonyl (C=O) groups excluding carboxylic acids is 3. The Morgan fingerprint density at radius 2 is 0.526 bits per heavy atom. The van der Waals surface area contributed by atoms with Crippen LogP contribution in [0, 0.1) is 0 Å². The van der Waals surface area contributed by atoms with E-state index in [9.17, 15) is 14.4 Å². The molecule has 0 aromatic carbocycles. The molecule has 0 aromatic rings. The smallest absolute Gasteiger partial charge is 0.306 e. The Hall–Kier alpha value is -4.97. The van der Waals surface area contributed by atoms with Crippen LogP contribution in [0.5, 0.6) is 0 Å². The van der Waals surface area contributed by atoms with Crippen LogP contribution in [-0.4, -0.2) is 37.2 Å². The Bertz CT molecular complexity index is 1720. The van der Waals surface area contributed by atoms with Crippen molar-refractivity contribution in [2.75, 3.05) is 13.2 Å². The highest BCUT2D eigenvalue weighted by molar-refractivity contribution is 5.71. The average Bonchev–Trinajstić information content (AvgIpc) is 3.42. The van der Waals surface area contributed by atoms with Gasteiger partial charge in [-0.1, -0.05) is 262 Å². The summed E-state index contributed by atoms with van der Waals surface area (Å²) in [6.07, 6.45) is 91.1. The highest BCUT2D eigenvalue weighted by Gasteiger charge is 2.19. The van der Waals surface area contributed by atoms with Crippen LogP contribution in [0.1, 0.15) is 245 Å². The van der Waals surface area contributed by atoms with E-state index in [1.54, 1.807) is 0 Å². The van der Waals surface area contributed by atoms with Crippen molar-refractivity contribution in [1.29, 1.82) is 0 Å². The fourth-order valence-electron chi connectivity index (χ4n) is 7.79. The Morgan fingerprint density at radius 3 is 0.855 bits per heavy atom. The summed E-state index contributed by atoms with van der Waals surface area (Å²) in [5.74, 6) is -1.03. The minimum atomic E-state index is -0.829. The van der Waals surface area contributed by atoms with Crippen LogP contribution < -0.4 is 0 Å². The van der Waals surface area contributed by atoms with E-state index in [0.717, 1.165) is 122 Å². The summed E-state index contributed by atoms with van der Waals surface area (Å²) >= 11 is 0. The molecule has 0 saturated heterocycles. The van der Waals surface area contributed by atoms with E-state index in [4.69, 9.17) is 14.2 Å². The van der Waals surface area contributed by atoms with Crippen LogP contribution in [0.15, 0.2) is 158 Å². The number of hydrogen-bond acceptors (Lipinski definition) is 6. The number of rotatable bonds is 53. The van der Waals surface area contributed by atoms with E-state index in [1.165, 1.54) is 70.6 Å². The van der Waals surface area contributed by atoms with E-state index >= 15 is 0 Å². The van der Waals surface area contributed by atoms with Gasteiger partial charge in [-0.15, -0.1) is 0 Å². The first-order chi connectivity index (χ1) is 37.5. The van der Waals surface area contributed by atoms with Crippen molar-refractivity contribution in [1.82, 2.24) is 0 Å². The molecule has 1 unspecified atom stereocenters. The van der Waals surface area contributed by atoms with Gasteiger partial charge in [0.1, 0.15) is 13.2 Å². The minimum absolute atomic E-state index is 0.117. The molecule has 0 bridgehead atoms. The predicted molar refractivity (Wildman–Crippen MR) is 329 cm³/mol. The second-order valence-corrected chi connectivity index (χ2v) is 19.5. The van der Waals surface area contributed by atoms with Crippen molar-refractivity contribution >= 4 is 17.9 Å². The molecule has 0 amide bonds. The van der Waals surface area contributed by atoms with Crippen molar-refractivity contribution < 1.29 is 28.6 Å². The number of carbonyl (C=O) groups is 3. The van der Waals surface area contributed by atoms with Crippen LogP contribution in [0.2, 0.25) is 0 Å². The molecule has 0 aliphatic rings. The van der Waals surface area contributed by atoms with Crippen molar-refractivity contribution in [2.24, 2.45) is 0 Å². The van der Waals surface area contributed by atoms with Gasteiger partial charge in [0.25, 0.3) is 0 Å². The fourth-order valence-corrected chi connectivity index (χ4v) is 7.79. The quantitative estimate of drug-likeness (QED) is 0.0261. The molecular weight excluding hydrogens is 937 g/mol. The highest BCUT2D eigenvalue weighted by Crippen LogP contribution is 2.14. The Morgan fingerprint density at radius 1 is 0.276 bits per heavy atom. The molecule has 0 radical (unpaired) electrons. The largest absolute Gasteiger partial charge is 0.462 e. The van der Waals surface area contributed by atoms with Gasteiger partial charge in [-0.2, -0.15) is 0 Å². The van der Waals surface area contributed by atoms with Gasteiger partial charge in [-0.25, -0.2) is 0 Å². The summed E-state index contributed by atoms with van der Waals surface area (Å²) in [5.41, 5.74) is 0. The molecule has 0 aromatic heterocycles. The molecule has 0 heterocycles. The molecule has 1 atom stereocenters. The van der Waals surface area contributed by atoms with E-state index in [1.807, 2.05) is 0 Å². The van der Waals surface area contributed by atoms with Gasteiger partial charge in [-0.05, 0) is 122 Å². The van der Waals surface area contributed by atoms with Gasteiger partial charge in [0.05, 0.1) is 0 Å². The first-order valence-electron chi connectivity index (χ1n) is 30.5. The Balaban J connectivity index is 4.49. The number of hydrogen-bond donors (Lipinski definition) is 0. The van der Waals surface area contributed by atoms with Crippen LogP contribution in [0.25, 0.3) is 0 Å². The number of ether oxygens (including phenoxy) is 3. The van der Waals surface area contributed by atoms with Crippen molar-refractivity contribution in [3.05, 3.63) is 158 Å². The van der Waals surface area contributed by atoms with Gasteiger partial charge >= 0.3 is 17.9 Å². The van der Waals surface area contributed by atoms with Crippen molar-refractivity contribution in [3.8, 4) is 0 Å². The zero-order valence-electron chi connectivity index (χ0n) is 48.7. The maximum absolute atomic E-state index is 12.8. The maximum atomic E-state index is 12.8. The summed E-state index contributed by atoms with van der Waals surface area (Å²) in [5, 5.41) is 0. The molecule has 0 aliphatic heterocycles. The van der Waals surface area contributed by atoms with Gasteiger partial charge in [0.15, 0.2) is 6.10 Å². The number of allylic oxidation sites excluding steroid dienone is 26. The molecule has 76 heavy (non-hydrogen) atoms. The molecule has 6 heteroatoms. The SMILES string of the molecule is CC/C=C\C/C=C\C/C=C\C/C=C\C/C=C\C/C=C\C/C=C\C/C=C\C/C=C\CCCC(=O)OCC(COC(=O)CCCCCCCCCCCCCCCC)OC(=O)CCCC/C=C\C/C=C\C/C=C\C/C=C\CC. The summed E-state index contributed by atoms with van der Waals surface area (Å²) in [7, 11) is 0. The van der Waals surface area contributed by atoms with Crippen molar-refractivity contribution in [3.63, 3.8) is 0 Å². The average molecular weight is 1050 g/mol. The van der Waals surface area contributed by atoms with E-state index < -0.39 is 6.10 Å². The third-order valence-electron chi connectivity index (χ3n) is 12.3. The van der Waals surface area contributed by atoms with E-state index in [2.05, 4.69) is 179 Å². The lowest BCUT2D eigenvalue weighted by Gasteiger charge is -2.18. The van der Waals surface area contributed by atoms with E-state index in [0.29, 0.717) is 19.3 Å². The molecule has 0 aliphatic carbocycles. The molecule has 426 valence electrons. The van der Waals surface area contributed by atoms with E-state index in [-0.39, 0.29) is 44.0 Å². The standard InChI is InChI=1S/C70H110O6/c1-4-7-10-13-16-19-22-25-28-29-30-31-32-33-34-35-36-37-38-39-40-41-43-45-48-51-54-57-60-63-69(72)75-66-67(65-74-68(71)62-59-56-53-50-47-44-27-24-21-18-15-12-9-6-3)76-70(73)64-61-58-55-52-49-46-42-26-23-20-17-14-11-8-5-2/h7-8,10-11,16-17,19-20,25-26,28,30-31,33-34,36-37,39-40,42-43,45,49,51-52,54,67H,4-6,9,12-15,18,21-24,27,29,32,35,38,41,44,46-48,50,53,55-66H2,1-3H3/b10-7-,11-8-,19-16-,20-17-,28-25-,31-30-,34-33-,37-36-,40-39-,42-26-,45-43-,52-49-,54-51-. The summed E-state index contributed by atoms with van der Waals surface area (Å²) < 4.78 is 16.8. The van der Waals surface area contributed by atoms with Gasteiger partial charge in [0, 0.05) is 19.3 Å². The van der Waals surface area contributed by atoms with Crippen LogP contribution in [0.4, 0.5) is 0 Å². The lowest BCUT2D eigenvalue weighted by atomic mass is 10.0. The first kappa shape index (κ1) is 71.0. The summed E-state index contributed by atoms with van der Waals surface area (Å²) in [6, 6.07) is 0. The van der Waals surface area contributed by atoms with Gasteiger partial charge in [0.2, 0.25) is 0 Å². The third-order valence-corrected chi connectivity index (χ3v) is 12.3. The van der Waals surface area contributed by atoms with Crippen LogP contribution in [0.3, 0.4) is 0 Å². The molecule has 0 fully saturated rings. The van der Waals surface area contributed by atoms with Crippen LogP contribution >= 0.6 is 0 Å². The summed E-state index contributed by atoms with van der Waals surface area (Å²) in [4.78, 5) is 38.2. The molecule has 0 N–H and O–H groups in total. The molecule has 6 nitrogen and oxygen atoms in total. The lowest BCUT2D eigenvalue weighted by molar-refractivity contribution is -0.167. The van der Waals surface area contributed by atoms with Crippen LogP contribution in [-0.2, 0) is 28.6 Å². The monoisotopic (exact) mass is 1050 g/mol. The number of esters is 3. The molecule has 0 spiro atoms. The topological polar surface area (TPSA) is 78.9 Å². The Labute approximate surface area is 467 Å². The zero-order chi connectivity index (χ0) is 55.0. The lowest BCUT2D eigenvalue weighted by Crippen LogP contribution is -2.30. The second kappa shape index (κ2) is 62.6. The molecule has 0 rings (SSSR count). The predicted octanol–water partition coefficient (Wildman–Crippen LogP) is 20.9. The van der Waals surface area contributed by atoms with Gasteiger partial charge < -0.3 is 14.2 Å². The molecule has 0 saturated carbocycles. The number of unbranched alkanes of at least 4 members (excludes halogenated alkanes) is 16. The maximum Gasteiger partial charge on any atom is 0.306 e. The Kier molecular flexibility index (Phi) is 58.5. The second-order valence-electron chi connectivity index (χ2n) is 19.5. The normalized spacial score (nSPS) is 13.2. The highest BCUT2D eigenvalue weighted by atomic mass is 16.6. The summed E-state index contributed by atoms with van der Waals surface area (Å²) in [6.45, 7) is 6.32. The molecular formula is C70H110O6. The van der Waals surface area contributed by atoms with Gasteiger partial charge in [-0.3, -0.25) is 14.4 Å². The zero-order valence-corrected chi connectivity index (χ0v) is 48.7. The first-order valence-corrected chi connectivity index (χ1v) is 30.5. The minimum Gasteiger partial charge on any atom is -0.462 e. The third kappa shape index (κ3) is 59.9.